The minimum atomic E-state index is -0.615. The van der Waals surface area contributed by atoms with Crippen molar-refractivity contribution in [3.05, 3.63) is 24.3 Å². The highest BCUT2D eigenvalue weighted by Crippen LogP contribution is 2.56. The van der Waals surface area contributed by atoms with E-state index in [0.29, 0.717) is 23.3 Å². The van der Waals surface area contributed by atoms with E-state index < -0.39 is 18.5 Å². The van der Waals surface area contributed by atoms with Gasteiger partial charge in [0, 0.05) is 12.2 Å². The number of imide groups is 1. The lowest BCUT2D eigenvalue weighted by Crippen LogP contribution is -2.35. The fraction of sp³-hybridized carbons (Fsp3) is 0.524. The van der Waals surface area contributed by atoms with E-state index in [1.807, 2.05) is 0 Å². The van der Waals surface area contributed by atoms with E-state index in [2.05, 4.69) is 5.32 Å². The van der Waals surface area contributed by atoms with Crippen molar-refractivity contribution in [2.45, 2.75) is 25.7 Å². The predicted octanol–water partition coefficient (Wildman–Crippen LogP) is 1.60. The van der Waals surface area contributed by atoms with Crippen LogP contribution < -0.4 is 10.1 Å². The topological polar surface area (TPSA) is 102 Å². The SMILES string of the molecule is COc1ccc(NC(=O)COC(=O)CCN2C(=O)[C@@H]3[C@H]4CC[C@@H](C4)[C@@H]3C2=O)cc1. The third kappa shape index (κ3) is 3.71. The molecule has 0 spiro atoms. The number of carbonyl (C=O) groups is 4. The Balaban J connectivity index is 1.21. The summed E-state index contributed by atoms with van der Waals surface area (Å²) in [6, 6.07) is 6.75. The summed E-state index contributed by atoms with van der Waals surface area (Å²) in [4.78, 5) is 50.3. The third-order valence-electron chi connectivity index (χ3n) is 6.30. The van der Waals surface area contributed by atoms with E-state index in [9.17, 15) is 19.2 Å². The van der Waals surface area contributed by atoms with Gasteiger partial charge < -0.3 is 14.8 Å². The molecule has 8 nitrogen and oxygen atoms in total. The number of benzene rings is 1. The largest absolute Gasteiger partial charge is 0.497 e. The summed E-state index contributed by atoms with van der Waals surface area (Å²) in [5.41, 5.74) is 0.557. The van der Waals surface area contributed by atoms with Gasteiger partial charge in [0.25, 0.3) is 5.91 Å². The van der Waals surface area contributed by atoms with Crippen LogP contribution in [0.5, 0.6) is 5.75 Å². The fourth-order valence-electron chi connectivity index (χ4n) is 4.98. The molecule has 8 heteroatoms. The number of nitrogens with one attached hydrogen (secondary N) is 1. The lowest BCUT2D eigenvalue weighted by molar-refractivity contribution is -0.149. The van der Waals surface area contributed by atoms with Crippen LogP contribution in [0, 0.1) is 23.7 Å². The molecule has 2 aliphatic carbocycles. The summed E-state index contributed by atoms with van der Waals surface area (Å²) in [5.74, 6) is -0.439. The second kappa shape index (κ2) is 7.85. The molecular weight excluding hydrogens is 376 g/mol. The number of carbonyl (C=O) groups excluding carboxylic acids is 4. The van der Waals surface area contributed by atoms with Gasteiger partial charge in [0.1, 0.15) is 5.75 Å². The Labute approximate surface area is 168 Å². The number of amides is 3. The molecule has 3 aliphatic rings. The number of nitrogens with zero attached hydrogens (tertiary/aromatic N) is 1. The van der Waals surface area contributed by atoms with Crippen LogP contribution in [-0.4, -0.2) is 48.9 Å². The van der Waals surface area contributed by atoms with Crippen LogP contribution in [0.3, 0.4) is 0 Å². The third-order valence-corrected chi connectivity index (χ3v) is 6.30. The van der Waals surface area contributed by atoms with Crippen molar-refractivity contribution in [1.29, 1.82) is 0 Å². The highest BCUT2D eigenvalue weighted by atomic mass is 16.5. The molecule has 1 N–H and O–H groups in total. The number of esters is 1. The van der Waals surface area contributed by atoms with Crippen molar-refractivity contribution >= 4 is 29.4 Å². The van der Waals surface area contributed by atoms with E-state index >= 15 is 0 Å². The summed E-state index contributed by atoms with van der Waals surface area (Å²) in [6.45, 7) is -0.412. The molecule has 4 atom stereocenters. The molecule has 1 aromatic carbocycles. The molecule has 1 aliphatic heterocycles. The average molecular weight is 400 g/mol. The Hall–Kier alpha value is -2.90. The zero-order valence-electron chi connectivity index (χ0n) is 16.3. The van der Waals surface area contributed by atoms with Gasteiger partial charge in [-0.3, -0.25) is 24.1 Å². The molecule has 4 rings (SSSR count). The van der Waals surface area contributed by atoms with Gasteiger partial charge in [-0.15, -0.1) is 0 Å². The first kappa shape index (κ1) is 19.4. The summed E-state index contributed by atoms with van der Waals surface area (Å²) >= 11 is 0. The maximum atomic E-state index is 12.6. The molecule has 0 unspecified atom stereocenters. The first-order valence-electron chi connectivity index (χ1n) is 9.92. The van der Waals surface area contributed by atoms with Crippen molar-refractivity contribution in [2.75, 3.05) is 25.6 Å². The maximum absolute atomic E-state index is 12.6. The Morgan fingerprint density at radius 1 is 1.07 bits per heavy atom. The van der Waals surface area contributed by atoms with Crippen LogP contribution in [0.4, 0.5) is 5.69 Å². The van der Waals surface area contributed by atoms with Crippen LogP contribution in [0.1, 0.15) is 25.7 Å². The summed E-state index contributed by atoms with van der Waals surface area (Å²) in [6.07, 6.45) is 2.90. The van der Waals surface area contributed by atoms with Gasteiger partial charge in [-0.2, -0.15) is 0 Å². The molecule has 154 valence electrons. The summed E-state index contributed by atoms with van der Waals surface area (Å²) in [7, 11) is 1.55. The Bertz CT molecular complexity index is 808. The first-order chi connectivity index (χ1) is 14.0. The van der Waals surface area contributed by atoms with Crippen molar-refractivity contribution in [2.24, 2.45) is 23.7 Å². The number of hydrogen-bond donors (Lipinski definition) is 1. The second-order valence-corrected chi connectivity index (χ2v) is 7.90. The lowest BCUT2D eigenvalue weighted by Gasteiger charge is -2.19. The van der Waals surface area contributed by atoms with E-state index in [0.717, 1.165) is 19.3 Å². The second-order valence-electron chi connectivity index (χ2n) is 7.90. The molecule has 29 heavy (non-hydrogen) atoms. The van der Waals surface area contributed by atoms with Crippen LogP contribution in [0.15, 0.2) is 24.3 Å². The molecule has 2 saturated carbocycles. The normalized spacial score (nSPS) is 27.1. The van der Waals surface area contributed by atoms with Gasteiger partial charge >= 0.3 is 5.97 Å². The standard InChI is InChI=1S/C21H24N2O6/c1-28-15-6-4-14(5-7-15)22-16(24)11-29-17(25)8-9-23-20(26)18-12-2-3-13(10-12)19(18)21(23)27/h4-7,12-13,18-19H,2-3,8-11H2,1H3,(H,22,24)/t12-,13-,18-,19+/m0/s1. The Morgan fingerprint density at radius 3 is 2.28 bits per heavy atom. The van der Waals surface area contributed by atoms with Crippen molar-refractivity contribution in [3.8, 4) is 5.75 Å². The van der Waals surface area contributed by atoms with Crippen molar-refractivity contribution in [3.63, 3.8) is 0 Å². The van der Waals surface area contributed by atoms with Crippen LogP contribution in [0.2, 0.25) is 0 Å². The van der Waals surface area contributed by atoms with Crippen molar-refractivity contribution in [1.82, 2.24) is 4.90 Å². The maximum Gasteiger partial charge on any atom is 0.308 e. The first-order valence-corrected chi connectivity index (χ1v) is 9.92. The highest BCUT2D eigenvalue weighted by molar-refractivity contribution is 6.06. The Kier molecular flexibility index (Phi) is 5.25. The zero-order chi connectivity index (χ0) is 20.5. The molecular formula is C21H24N2O6. The molecule has 3 fully saturated rings. The molecule has 1 heterocycles. The lowest BCUT2D eigenvalue weighted by atomic mass is 9.81. The van der Waals surface area contributed by atoms with Gasteiger partial charge in [-0.05, 0) is 55.4 Å². The van der Waals surface area contributed by atoms with Crippen LogP contribution in [-0.2, 0) is 23.9 Å². The number of fused-ring (bicyclic) bond motifs is 5. The Morgan fingerprint density at radius 2 is 1.69 bits per heavy atom. The van der Waals surface area contributed by atoms with Gasteiger partial charge in [-0.25, -0.2) is 0 Å². The molecule has 2 bridgehead atoms. The smallest absolute Gasteiger partial charge is 0.308 e. The molecule has 1 saturated heterocycles. The molecule has 3 amide bonds. The number of rotatable bonds is 7. The van der Waals surface area contributed by atoms with Crippen LogP contribution >= 0.6 is 0 Å². The number of likely N-dealkylation sites (tertiary alicyclic amines) is 1. The number of ether oxygens (including phenoxy) is 2. The zero-order valence-corrected chi connectivity index (χ0v) is 16.3. The summed E-state index contributed by atoms with van der Waals surface area (Å²) < 4.78 is 10.0. The van der Waals surface area contributed by atoms with Gasteiger partial charge in [0.15, 0.2) is 6.61 Å². The minimum absolute atomic E-state index is 0.0169. The van der Waals surface area contributed by atoms with E-state index in [1.165, 1.54) is 4.90 Å². The molecule has 0 radical (unpaired) electrons. The monoisotopic (exact) mass is 400 g/mol. The van der Waals surface area contributed by atoms with E-state index in [1.54, 1.807) is 31.4 Å². The predicted molar refractivity (Wildman–Crippen MR) is 102 cm³/mol. The molecule has 1 aromatic rings. The average Bonchev–Trinajstić information content (AvgIpc) is 3.40. The number of methoxy groups -OCH3 is 1. The van der Waals surface area contributed by atoms with Crippen molar-refractivity contribution < 1.29 is 28.7 Å². The van der Waals surface area contributed by atoms with Gasteiger partial charge in [0.05, 0.1) is 25.4 Å². The van der Waals surface area contributed by atoms with Gasteiger partial charge in [-0.1, -0.05) is 0 Å². The number of hydrogen-bond acceptors (Lipinski definition) is 6. The highest BCUT2D eigenvalue weighted by Gasteiger charge is 2.60. The minimum Gasteiger partial charge on any atom is -0.497 e. The van der Waals surface area contributed by atoms with E-state index in [4.69, 9.17) is 9.47 Å². The summed E-state index contributed by atoms with van der Waals surface area (Å²) in [5, 5.41) is 2.61. The van der Waals surface area contributed by atoms with E-state index in [-0.39, 0.29) is 36.6 Å². The quantitative estimate of drug-likeness (QED) is 0.551. The van der Waals surface area contributed by atoms with Crippen LogP contribution in [0.25, 0.3) is 0 Å². The fourth-order valence-corrected chi connectivity index (χ4v) is 4.98. The van der Waals surface area contributed by atoms with Gasteiger partial charge in [0.2, 0.25) is 11.8 Å². The number of anilines is 1. The molecule has 0 aromatic heterocycles.